The third kappa shape index (κ3) is 4.78. The van der Waals surface area contributed by atoms with E-state index in [0.29, 0.717) is 11.6 Å². The summed E-state index contributed by atoms with van der Waals surface area (Å²) in [6, 6.07) is 3.10. The van der Waals surface area contributed by atoms with Gasteiger partial charge in [0.15, 0.2) is 0 Å². The SMILES string of the molecule is CCNCCS(=O)(=O)Nc1ccc(Cl)cn1. The molecule has 0 saturated heterocycles. The van der Waals surface area contributed by atoms with Crippen LogP contribution >= 0.6 is 11.6 Å². The van der Waals surface area contributed by atoms with Crippen molar-refractivity contribution < 1.29 is 8.42 Å². The van der Waals surface area contributed by atoms with E-state index in [0.717, 1.165) is 6.54 Å². The zero-order chi connectivity index (χ0) is 12.0. The second-order valence-corrected chi connectivity index (χ2v) is 5.41. The summed E-state index contributed by atoms with van der Waals surface area (Å²) in [5.41, 5.74) is 0. The fraction of sp³-hybridized carbons (Fsp3) is 0.444. The highest BCUT2D eigenvalue weighted by Crippen LogP contribution is 2.10. The summed E-state index contributed by atoms with van der Waals surface area (Å²) in [6.45, 7) is 3.08. The first-order valence-electron chi connectivity index (χ1n) is 4.86. The molecular formula is C9H14ClN3O2S. The smallest absolute Gasteiger partial charge is 0.235 e. The Morgan fingerprint density at radius 2 is 2.19 bits per heavy atom. The molecule has 0 aliphatic heterocycles. The maximum Gasteiger partial charge on any atom is 0.235 e. The molecule has 0 radical (unpaired) electrons. The molecule has 0 fully saturated rings. The number of hydrogen-bond donors (Lipinski definition) is 2. The summed E-state index contributed by atoms with van der Waals surface area (Å²) in [5, 5.41) is 3.41. The second-order valence-electron chi connectivity index (χ2n) is 3.14. The summed E-state index contributed by atoms with van der Waals surface area (Å²) in [5.74, 6) is 0.298. The van der Waals surface area contributed by atoms with E-state index in [2.05, 4.69) is 15.0 Å². The lowest BCUT2D eigenvalue weighted by Gasteiger charge is -2.07. The number of hydrogen-bond acceptors (Lipinski definition) is 4. The molecule has 90 valence electrons. The van der Waals surface area contributed by atoms with Gasteiger partial charge in [-0.25, -0.2) is 13.4 Å². The molecule has 1 aromatic rings. The van der Waals surface area contributed by atoms with Crippen LogP contribution < -0.4 is 10.0 Å². The van der Waals surface area contributed by atoms with E-state index < -0.39 is 10.0 Å². The van der Waals surface area contributed by atoms with Crippen molar-refractivity contribution in [3.8, 4) is 0 Å². The first-order valence-corrected chi connectivity index (χ1v) is 6.89. The molecule has 7 heteroatoms. The molecule has 1 rings (SSSR count). The molecule has 16 heavy (non-hydrogen) atoms. The van der Waals surface area contributed by atoms with Crippen LogP contribution in [0.4, 0.5) is 5.82 Å². The van der Waals surface area contributed by atoms with E-state index in [-0.39, 0.29) is 11.6 Å². The highest BCUT2D eigenvalue weighted by molar-refractivity contribution is 7.92. The number of halogens is 1. The minimum Gasteiger partial charge on any atom is -0.316 e. The average Bonchev–Trinajstić information content (AvgIpc) is 2.21. The molecule has 0 saturated carbocycles. The van der Waals surface area contributed by atoms with E-state index >= 15 is 0 Å². The normalized spacial score (nSPS) is 11.4. The van der Waals surface area contributed by atoms with E-state index in [1.54, 1.807) is 6.07 Å². The molecule has 0 unspecified atom stereocenters. The van der Waals surface area contributed by atoms with Crippen molar-refractivity contribution in [1.82, 2.24) is 10.3 Å². The first-order chi connectivity index (χ1) is 7.53. The van der Waals surface area contributed by atoms with Gasteiger partial charge in [-0.05, 0) is 18.7 Å². The minimum atomic E-state index is -3.34. The third-order valence-corrected chi connectivity index (χ3v) is 3.27. The maximum absolute atomic E-state index is 11.5. The molecule has 0 bridgehead atoms. The Bertz CT molecular complexity index is 419. The minimum absolute atomic E-state index is 0.0190. The summed E-state index contributed by atoms with van der Waals surface area (Å²) in [4.78, 5) is 3.85. The Balaban J connectivity index is 2.55. The van der Waals surface area contributed by atoms with Crippen molar-refractivity contribution in [3.05, 3.63) is 23.4 Å². The van der Waals surface area contributed by atoms with Gasteiger partial charge in [-0.15, -0.1) is 0 Å². The van der Waals surface area contributed by atoms with Crippen molar-refractivity contribution in [3.63, 3.8) is 0 Å². The summed E-state index contributed by atoms with van der Waals surface area (Å²) >= 11 is 5.64. The van der Waals surface area contributed by atoms with Gasteiger partial charge in [0.1, 0.15) is 5.82 Å². The summed E-state index contributed by atoms with van der Waals surface area (Å²) < 4.78 is 25.4. The maximum atomic E-state index is 11.5. The van der Waals surface area contributed by atoms with Crippen LogP contribution in [0.2, 0.25) is 5.02 Å². The molecule has 1 aromatic heterocycles. The molecule has 0 aromatic carbocycles. The molecule has 0 aliphatic carbocycles. The molecule has 0 atom stereocenters. The Labute approximate surface area is 100 Å². The fourth-order valence-electron chi connectivity index (χ4n) is 1.03. The van der Waals surface area contributed by atoms with Crippen molar-refractivity contribution in [1.29, 1.82) is 0 Å². The van der Waals surface area contributed by atoms with E-state index in [4.69, 9.17) is 11.6 Å². The van der Waals surface area contributed by atoms with Crippen LogP contribution in [0.3, 0.4) is 0 Å². The predicted octanol–water partition coefficient (Wildman–Crippen LogP) is 1.09. The lowest BCUT2D eigenvalue weighted by Crippen LogP contribution is -2.26. The fourth-order valence-corrected chi connectivity index (χ4v) is 2.10. The van der Waals surface area contributed by atoms with Crippen LogP contribution in [-0.4, -0.2) is 32.2 Å². The number of pyridine rings is 1. The van der Waals surface area contributed by atoms with Crippen LogP contribution in [0.1, 0.15) is 6.92 Å². The topological polar surface area (TPSA) is 71.1 Å². The lowest BCUT2D eigenvalue weighted by molar-refractivity contribution is 0.597. The van der Waals surface area contributed by atoms with Crippen LogP contribution in [0, 0.1) is 0 Å². The summed E-state index contributed by atoms with van der Waals surface area (Å²) in [6.07, 6.45) is 1.39. The zero-order valence-electron chi connectivity index (χ0n) is 8.90. The van der Waals surface area contributed by atoms with E-state index in [1.165, 1.54) is 12.3 Å². The monoisotopic (exact) mass is 263 g/mol. The number of nitrogens with zero attached hydrogens (tertiary/aromatic N) is 1. The molecule has 5 nitrogen and oxygen atoms in total. The lowest BCUT2D eigenvalue weighted by atomic mass is 10.5. The molecular weight excluding hydrogens is 250 g/mol. The zero-order valence-corrected chi connectivity index (χ0v) is 10.5. The number of aromatic nitrogens is 1. The van der Waals surface area contributed by atoms with Crippen molar-refractivity contribution in [2.75, 3.05) is 23.6 Å². The van der Waals surface area contributed by atoms with Gasteiger partial charge in [0, 0.05) is 12.7 Å². The molecule has 1 heterocycles. The predicted molar refractivity (Wildman–Crippen MR) is 65.2 cm³/mol. The van der Waals surface area contributed by atoms with Crippen LogP contribution in [0.25, 0.3) is 0 Å². The Morgan fingerprint density at radius 3 is 2.75 bits per heavy atom. The van der Waals surface area contributed by atoms with Crippen LogP contribution in [0.5, 0.6) is 0 Å². The van der Waals surface area contributed by atoms with E-state index in [1.807, 2.05) is 6.92 Å². The molecule has 0 spiro atoms. The van der Waals surface area contributed by atoms with Crippen molar-refractivity contribution in [2.24, 2.45) is 0 Å². The Hall–Kier alpha value is -0.850. The molecule has 0 amide bonds. The van der Waals surface area contributed by atoms with Gasteiger partial charge in [-0.1, -0.05) is 18.5 Å². The standard InChI is InChI=1S/C9H14ClN3O2S/c1-2-11-5-6-16(14,15)13-9-4-3-8(10)7-12-9/h3-4,7,11H,2,5-6H2,1H3,(H,12,13). The second kappa shape index (κ2) is 6.03. The Morgan fingerprint density at radius 1 is 1.44 bits per heavy atom. The van der Waals surface area contributed by atoms with Gasteiger partial charge in [0.25, 0.3) is 0 Å². The highest BCUT2D eigenvalue weighted by Gasteiger charge is 2.09. The Kier molecular flexibility index (Phi) is 4.98. The number of sulfonamides is 1. The third-order valence-electron chi connectivity index (χ3n) is 1.79. The highest BCUT2D eigenvalue weighted by atomic mass is 35.5. The molecule has 0 aliphatic rings. The number of anilines is 1. The van der Waals surface area contributed by atoms with Crippen molar-refractivity contribution >= 4 is 27.4 Å². The van der Waals surface area contributed by atoms with Gasteiger partial charge >= 0.3 is 0 Å². The van der Waals surface area contributed by atoms with Gasteiger partial charge in [-0.2, -0.15) is 0 Å². The molecule has 2 N–H and O–H groups in total. The van der Waals surface area contributed by atoms with Crippen LogP contribution in [-0.2, 0) is 10.0 Å². The number of rotatable bonds is 6. The van der Waals surface area contributed by atoms with Crippen LogP contribution in [0.15, 0.2) is 18.3 Å². The largest absolute Gasteiger partial charge is 0.316 e. The van der Waals surface area contributed by atoms with Crippen molar-refractivity contribution in [2.45, 2.75) is 6.92 Å². The van der Waals surface area contributed by atoms with Gasteiger partial charge in [0.05, 0.1) is 10.8 Å². The van der Waals surface area contributed by atoms with Gasteiger partial charge < -0.3 is 5.32 Å². The quantitative estimate of drug-likeness (QED) is 0.754. The van der Waals surface area contributed by atoms with Gasteiger partial charge in [-0.3, -0.25) is 4.72 Å². The van der Waals surface area contributed by atoms with Gasteiger partial charge in [0.2, 0.25) is 10.0 Å². The number of nitrogens with one attached hydrogen (secondary N) is 2. The van der Waals surface area contributed by atoms with E-state index in [9.17, 15) is 8.42 Å². The summed E-state index contributed by atoms with van der Waals surface area (Å²) in [7, 11) is -3.34. The average molecular weight is 264 g/mol. The first kappa shape index (κ1) is 13.2.